The third-order valence-corrected chi connectivity index (χ3v) is 7.30. The fourth-order valence-electron chi connectivity index (χ4n) is 2.58. The van der Waals surface area contributed by atoms with E-state index in [4.69, 9.17) is 4.42 Å². The molecule has 0 unspecified atom stereocenters. The van der Waals surface area contributed by atoms with Crippen LogP contribution in [0.4, 0.5) is 5.13 Å². The zero-order chi connectivity index (χ0) is 19.0. The molecule has 10 heteroatoms. The van der Waals surface area contributed by atoms with Crippen LogP contribution >= 0.6 is 34.4 Å². The van der Waals surface area contributed by atoms with E-state index in [9.17, 15) is 4.79 Å². The molecule has 0 radical (unpaired) electrons. The molecule has 0 saturated heterocycles. The van der Waals surface area contributed by atoms with Crippen LogP contribution in [0.2, 0.25) is 0 Å². The quantitative estimate of drug-likeness (QED) is 0.444. The van der Waals surface area contributed by atoms with Crippen LogP contribution in [0.15, 0.2) is 31.9 Å². The zero-order valence-electron chi connectivity index (χ0n) is 14.9. The summed E-state index contributed by atoms with van der Waals surface area (Å²) in [5.74, 6) is 1.49. The summed E-state index contributed by atoms with van der Waals surface area (Å²) in [6.07, 6.45) is 1.64. The van der Waals surface area contributed by atoms with Gasteiger partial charge in [0.2, 0.25) is 5.13 Å². The highest BCUT2D eigenvalue weighted by Gasteiger charge is 2.18. The van der Waals surface area contributed by atoms with Crippen molar-refractivity contribution in [1.29, 1.82) is 0 Å². The normalized spacial score (nSPS) is 12.6. The van der Waals surface area contributed by atoms with E-state index in [0.717, 1.165) is 30.5 Å². The zero-order valence-corrected chi connectivity index (χ0v) is 17.3. The lowest BCUT2D eigenvalue weighted by molar-refractivity contribution is 0.518. The first-order valence-corrected chi connectivity index (χ1v) is 10.8. The maximum absolute atomic E-state index is 12.4. The Morgan fingerprint density at radius 1 is 1.33 bits per heavy atom. The Morgan fingerprint density at radius 2 is 2.19 bits per heavy atom. The SMILES string of the molecule is Cc1sc2nc([C@H](C)Sc3nnc(NCc4ccco4)s3)[nH]c(=O)c2c1C. The van der Waals surface area contributed by atoms with Crippen molar-refractivity contribution < 1.29 is 4.42 Å². The van der Waals surface area contributed by atoms with Crippen molar-refractivity contribution in [2.24, 2.45) is 0 Å². The molecule has 1 atom stereocenters. The summed E-state index contributed by atoms with van der Waals surface area (Å²) in [7, 11) is 0. The largest absolute Gasteiger partial charge is 0.467 e. The Labute approximate surface area is 167 Å². The van der Waals surface area contributed by atoms with E-state index >= 15 is 0 Å². The first-order chi connectivity index (χ1) is 13.0. The number of H-pyrrole nitrogens is 1. The summed E-state index contributed by atoms with van der Waals surface area (Å²) in [6.45, 7) is 6.53. The van der Waals surface area contributed by atoms with Crippen LogP contribution in [0.1, 0.15) is 34.2 Å². The van der Waals surface area contributed by atoms with Gasteiger partial charge in [0, 0.05) is 4.88 Å². The molecule has 0 bridgehead atoms. The van der Waals surface area contributed by atoms with Gasteiger partial charge in [-0.2, -0.15) is 0 Å². The molecule has 0 aromatic carbocycles. The van der Waals surface area contributed by atoms with Gasteiger partial charge < -0.3 is 14.7 Å². The molecule has 0 fully saturated rings. The second-order valence-electron chi connectivity index (χ2n) is 5.98. The summed E-state index contributed by atoms with van der Waals surface area (Å²) < 4.78 is 6.10. The average Bonchev–Trinajstić information content (AvgIpc) is 3.35. The van der Waals surface area contributed by atoms with Crippen LogP contribution < -0.4 is 10.9 Å². The molecule has 140 valence electrons. The summed E-state index contributed by atoms with van der Waals surface area (Å²) in [4.78, 5) is 21.9. The van der Waals surface area contributed by atoms with Crippen LogP contribution in [0.3, 0.4) is 0 Å². The highest BCUT2D eigenvalue weighted by atomic mass is 32.2. The van der Waals surface area contributed by atoms with E-state index in [0.29, 0.717) is 17.8 Å². The number of anilines is 1. The molecule has 0 aliphatic heterocycles. The summed E-state index contributed by atoms with van der Waals surface area (Å²) >= 11 is 4.54. The lowest BCUT2D eigenvalue weighted by Gasteiger charge is -2.07. The molecule has 4 aromatic rings. The highest BCUT2D eigenvalue weighted by Crippen LogP contribution is 2.37. The van der Waals surface area contributed by atoms with Gasteiger partial charge >= 0.3 is 0 Å². The molecule has 7 nitrogen and oxygen atoms in total. The van der Waals surface area contributed by atoms with Crippen molar-refractivity contribution in [3.63, 3.8) is 0 Å². The number of hydrogen-bond acceptors (Lipinski definition) is 9. The van der Waals surface area contributed by atoms with E-state index in [1.807, 2.05) is 32.9 Å². The fourth-order valence-corrected chi connectivity index (χ4v) is 5.56. The average molecular weight is 420 g/mol. The molecule has 0 amide bonds. The van der Waals surface area contributed by atoms with Gasteiger partial charge in [-0.1, -0.05) is 23.1 Å². The fraction of sp³-hybridized carbons (Fsp3) is 0.294. The summed E-state index contributed by atoms with van der Waals surface area (Å²) in [6, 6.07) is 3.75. The lowest BCUT2D eigenvalue weighted by atomic mass is 10.2. The molecule has 4 heterocycles. The molecular formula is C17H17N5O2S3. The first kappa shape index (κ1) is 18.2. The first-order valence-electron chi connectivity index (χ1n) is 8.27. The van der Waals surface area contributed by atoms with Crippen molar-refractivity contribution in [2.75, 3.05) is 5.32 Å². The third-order valence-electron chi connectivity index (χ3n) is 4.12. The molecule has 0 saturated carbocycles. The number of rotatable bonds is 6. The monoisotopic (exact) mass is 419 g/mol. The lowest BCUT2D eigenvalue weighted by Crippen LogP contribution is -2.12. The maximum Gasteiger partial charge on any atom is 0.259 e. The number of nitrogens with one attached hydrogen (secondary N) is 2. The number of thiophene rings is 1. The number of furan rings is 1. The second-order valence-corrected chi connectivity index (χ2v) is 9.75. The van der Waals surface area contributed by atoms with E-state index < -0.39 is 0 Å². The van der Waals surface area contributed by atoms with Crippen LogP contribution in [0, 0.1) is 13.8 Å². The van der Waals surface area contributed by atoms with Gasteiger partial charge in [-0.05, 0) is 38.5 Å². The molecule has 4 rings (SSSR count). The number of hydrogen-bond donors (Lipinski definition) is 2. The van der Waals surface area contributed by atoms with Gasteiger partial charge in [-0.15, -0.1) is 21.5 Å². The summed E-state index contributed by atoms with van der Waals surface area (Å²) in [5.41, 5.74) is 0.925. The van der Waals surface area contributed by atoms with Crippen LogP contribution in [0.25, 0.3) is 10.2 Å². The molecule has 4 aromatic heterocycles. The minimum Gasteiger partial charge on any atom is -0.467 e. The Morgan fingerprint density at radius 3 is 2.96 bits per heavy atom. The van der Waals surface area contributed by atoms with Crippen LogP contribution in [-0.2, 0) is 6.54 Å². The van der Waals surface area contributed by atoms with Crippen molar-refractivity contribution in [3.05, 3.63) is 50.8 Å². The van der Waals surface area contributed by atoms with E-state index in [1.54, 1.807) is 17.6 Å². The van der Waals surface area contributed by atoms with E-state index in [1.165, 1.54) is 23.1 Å². The van der Waals surface area contributed by atoms with Gasteiger partial charge in [0.05, 0.1) is 23.4 Å². The molecule has 0 aliphatic rings. The smallest absolute Gasteiger partial charge is 0.259 e. The molecule has 27 heavy (non-hydrogen) atoms. The summed E-state index contributed by atoms with van der Waals surface area (Å²) in [5, 5.41) is 12.9. The number of aryl methyl sites for hydroxylation is 2. The van der Waals surface area contributed by atoms with Crippen LogP contribution in [-0.4, -0.2) is 20.2 Å². The van der Waals surface area contributed by atoms with Crippen molar-refractivity contribution in [3.8, 4) is 0 Å². The van der Waals surface area contributed by atoms with Gasteiger partial charge in [-0.25, -0.2) is 4.98 Å². The predicted molar refractivity (Wildman–Crippen MR) is 110 cm³/mol. The minimum atomic E-state index is -0.0811. The molecule has 0 spiro atoms. The molecular weight excluding hydrogens is 402 g/mol. The number of aromatic nitrogens is 4. The number of thioether (sulfide) groups is 1. The molecule has 2 N–H and O–H groups in total. The van der Waals surface area contributed by atoms with Gasteiger partial charge in [0.1, 0.15) is 16.4 Å². The molecule has 0 aliphatic carbocycles. The van der Waals surface area contributed by atoms with Crippen molar-refractivity contribution in [1.82, 2.24) is 20.2 Å². The topological polar surface area (TPSA) is 96.7 Å². The van der Waals surface area contributed by atoms with E-state index in [-0.39, 0.29) is 10.8 Å². The van der Waals surface area contributed by atoms with Gasteiger partial charge in [0.25, 0.3) is 5.56 Å². The van der Waals surface area contributed by atoms with Crippen LogP contribution in [0.5, 0.6) is 0 Å². The van der Waals surface area contributed by atoms with Gasteiger partial charge in [-0.3, -0.25) is 4.79 Å². The van der Waals surface area contributed by atoms with E-state index in [2.05, 4.69) is 25.5 Å². The third kappa shape index (κ3) is 3.78. The highest BCUT2D eigenvalue weighted by molar-refractivity contribution is 8.01. The van der Waals surface area contributed by atoms with Crippen molar-refractivity contribution >= 4 is 49.8 Å². The standard InChI is InChI=1S/C17H17N5O2S3/c1-8-9(2)25-15-12(8)14(23)19-13(20-15)10(3)26-17-22-21-16(27-17)18-7-11-5-4-6-24-11/h4-6,10H,7H2,1-3H3,(H,18,21)(H,19,20,23)/t10-/m0/s1. The second kappa shape index (κ2) is 7.45. The van der Waals surface area contributed by atoms with Crippen molar-refractivity contribution in [2.45, 2.75) is 36.9 Å². The Bertz CT molecular complexity index is 1130. The Balaban J connectivity index is 1.48. The Hall–Kier alpha value is -2.17. The minimum absolute atomic E-state index is 0.0457. The number of nitrogens with zero attached hydrogens (tertiary/aromatic N) is 3. The Kier molecular flexibility index (Phi) is 5.02. The number of fused-ring (bicyclic) bond motifs is 1. The van der Waals surface area contributed by atoms with Gasteiger partial charge in [0.15, 0.2) is 4.34 Å². The predicted octanol–water partition coefficient (Wildman–Crippen LogP) is 4.51. The number of aromatic amines is 1. The maximum atomic E-state index is 12.4.